The molecule has 90 valence electrons. The Hall–Kier alpha value is -0.940. The zero-order chi connectivity index (χ0) is 12.3. The van der Waals surface area contributed by atoms with Crippen molar-refractivity contribution in [2.45, 2.75) is 19.4 Å². The second-order valence-electron chi connectivity index (χ2n) is 3.62. The first kappa shape index (κ1) is 13.1. The van der Waals surface area contributed by atoms with Gasteiger partial charge in [-0.3, -0.25) is 0 Å². The molecule has 1 aromatic carbocycles. The van der Waals surface area contributed by atoms with Gasteiger partial charge in [-0.05, 0) is 35.3 Å². The van der Waals surface area contributed by atoms with Crippen LogP contribution < -0.4 is 15.2 Å². The van der Waals surface area contributed by atoms with Crippen molar-refractivity contribution in [2.75, 3.05) is 14.2 Å². The van der Waals surface area contributed by atoms with Crippen LogP contribution in [0.2, 0.25) is 0 Å². The van der Waals surface area contributed by atoms with Crippen molar-refractivity contribution in [1.29, 1.82) is 0 Å². The van der Waals surface area contributed by atoms with Crippen LogP contribution in [0.4, 0.5) is 0 Å². The van der Waals surface area contributed by atoms with Crippen LogP contribution in [0.3, 0.4) is 0 Å². The van der Waals surface area contributed by atoms with E-state index < -0.39 is 0 Å². The second kappa shape index (κ2) is 5.41. The summed E-state index contributed by atoms with van der Waals surface area (Å²) >= 11 is 3.28. The summed E-state index contributed by atoms with van der Waals surface area (Å²) in [4.78, 5) is 0. The van der Waals surface area contributed by atoms with E-state index in [1.165, 1.54) is 7.11 Å². The van der Waals surface area contributed by atoms with Gasteiger partial charge in [0, 0.05) is 11.6 Å². The summed E-state index contributed by atoms with van der Waals surface area (Å²) in [6, 6.07) is 1.71. The fourth-order valence-corrected chi connectivity index (χ4v) is 2.11. The van der Waals surface area contributed by atoms with Gasteiger partial charge >= 0.3 is 0 Å². The highest BCUT2D eigenvalue weighted by Gasteiger charge is 2.17. The Bertz CT molecular complexity index is 380. The molecule has 0 bridgehead atoms. The molecule has 5 heteroatoms. The van der Waals surface area contributed by atoms with Crippen LogP contribution in [0, 0.1) is 0 Å². The zero-order valence-corrected chi connectivity index (χ0v) is 11.2. The topological polar surface area (TPSA) is 64.7 Å². The molecule has 0 aliphatic carbocycles. The second-order valence-corrected chi connectivity index (χ2v) is 4.41. The van der Waals surface area contributed by atoms with Crippen LogP contribution in [0.5, 0.6) is 17.2 Å². The molecule has 0 amide bonds. The molecular weight excluding hydrogens is 274 g/mol. The van der Waals surface area contributed by atoms with Gasteiger partial charge in [-0.2, -0.15) is 0 Å². The normalized spacial score (nSPS) is 12.3. The lowest BCUT2D eigenvalue weighted by Gasteiger charge is -2.15. The maximum absolute atomic E-state index is 9.94. The molecule has 0 saturated heterocycles. The number of ether oxygens (including phenoxy) is 2. The number of benzene rings is 1. The molecule has 0 saturated carbocycles. The van der Waals surface area contributed by atoms with E-state index in [4.69, 9.17) is 15.2 Å². The largest absolute Gasteiger partial charge is 0.506 e. The standard InChI is InChI=1S/C11H16BrNO3/c1-6(13)4-7-5-8(15-2)11(16-3)9(12)10(7)14/h5-6,14H,4,13H2,1-3H3. The molecule has 0 spiro atoms. The summed E-state index contributed by atoms with van der Waals surface area (Å²) in [6.07, 6.45) is 0.574. The van der Waals surface area contributed by atoms with Crippen molar-refractivity contribution in [3.63, 3.8) is 0 Å². The van der Waals surface area contributed by atoms with Gasteiger partial charge in [0.25, 0.3) is 0 Å². The van der Waals surface area contributed by atoms with Crippen molar-refractivity contribution in [1.82, 2.24) is 0 Å². The lowest BCUT2D eigenvalue weighted by atomic mass is 10.1. The number of hydrogen-bond donors (Lipinski definition) is 2. The van der Waals surface area contributed by atoms with Gasteiger partial charge in [0.2, 0.25) is 0 Å². The predicted molar refractivity (Wildman–Crippen MR) is 66.3 cm³/mol. The van der Waals surface area contributed by atoms with E-state index in [1.807, 2.05) is 6.92 Å². The molecule has 0 aliphatic rings. The number of aromatic hydroxyl groups is 1. The van der Waals surface area contributed by atoms with Crippen LogP contribution in [0.25, 0.3) is 0 Å². The Morgan fingerprint density at radius 3 is 2.50 bits per heavy atom. The van der Waals surface area contributed by atoms with E-state index in [0.29, 0.717) is 22.4 Å². The smallest absolute Gasteiger partial charge is 0.178 e. The molecule has 1 unspecified atom stereocenters. The Morgan fingerprint density at radius 1 is 1.44 bits per heavy atom. The number of phenolic OH excluding ortho intramolecular Hbond substituents is 1. The van der Waals surface area contributed by atoms with Gasteiger partial charge in [-0.25, -0.2) is 0 Å². The van der Waals surface area contributed by atoms with Gasteiger partial charge in [0.05, 0.1) is 14.2 Å². The SMILES string of the molecule is COc1cc(CC(C)N)c(O)c(Br)c1OC. The third-order valence-electron chi connectivity index (χ3n) is 2.21. The number of hydrogen-bond acceptors (Lipinski definition) is 4. The van der Waals surface area contributed by atoms with Crippen molar-refractivity contribution >= 4 is 15.9 Å². The Balaban J connectivity index is 3.27. The number of phenols is 1. The van der Waals surface area contributed by atoms with Crippen molar-refractivity contribution in [2.24, 2.45) is 5.73 Å². The Morgan fingerprint density at radius 2 is 2.06 bits per heavy atom. The van der Waals surface area contributed by atoms with E-state index in [0.717, 1.165) is 5.56 Å². The molecule has 0 aliphatic heterocycles. The maximum Gasteiger partial charge on any atom is 0.178 e. The third-order valence-corrected chi connectivity index (χ3v) is 2.94. The van der Waals surface area contributed by atoms with E-state index in [2.05, 4.69) is 15.9 Å². The third kappa shape index (κ3) is 2.59. The maximum atomic E-state index is 9.94. The molecule has 1 atom stereocenters. The van der Waals surface area contributed by atoms with Gasteiger partial charge in [0.1, 0.15) is 10.2 Å². The summed E-state index contributed by atoms with van der Waals surface area (Å²) in [5.74, 6) is 1.20. The molecular formula is C11H16BrNO3. The fraction of sp³-hybridized carbons (Fsp3) is 0.455. The lowest BCUT2D eigenvalue weighted by molar-refractivity contribution is 0.347. The monoisotopic (exact) mass is 289 g/mol. The van der Waals surface area contributed by atoms with E-state index in [1.54, 1.807) is 13.2 Å². The Labute approximate surface area is 103 Å². The van der Waals surface area contributed by atoms with E-state index in [9.17, 15) is 5.11 Å². The van der Waals surface area contributed by atoms with Gasteiger partial charge in [-0.15, -0.1) is 0 Å². The first-order valence-corrected chi connectivity index (χ1v) is 5.68. The van der Waals surface area contributed by atoms with Crippen LogP contribution in [-0.4, -0.2) is 25.4 Å². The number of nitrogens with two attached hydrogens (primary N) is 1. The summed E-state index contributed by atoms with van der Waals surface area (Å²) in [5.41, 5.74) is 6.44. The van der Waals surface area contributed by atoms with Crippen molar-refractivity contribution < 1.29 is 14.6 Å². The molecule has 16 heavy (non-hydrogen) atoms. The van der Waals surface area contributed by atoms with Gasteiger partial charge in [-0.1, -0.05) is 0 Å². The van der Waals surface area contributed by atoms with Crippen LogP contribution in [0.1, 0.15) is 12.5 Å². The minimum atomic E-state index is -0.0316. The summed E-state index contributed by atoms with van der Waals surface area (Å²) in [6.45, 7) is 1.88. The van der Waals surface area contributed by atoms with Gasteiger partial charge in [0.15, 0.2) is 11.5 Å². The minimum absolute atomic E-state index is 0.0316. The predicted octanol–water partition coefficient (Wildman–Crippen LogP) is 2.06. The first-order chi connectivity index (χ1) is 7.51. The first-order valence-electron chi connectivity index (χ1n) is 4.89. The fourth-order valence-electron chi connectivity index (χ4n) is 1.49. The highest BCUT2D eigenvalue weighted by Crippen LogP contribution is 2.43. The quantitative estimate of drug-likeness (QED) is 0.891. The molecule has 1 rings (SSSR count). The van der Waals surface area contributed by atoms with Crippen LogP contribution >= 0.6 is 15.9 Å². The van der Waals surface area contributed by atoms with Gasteiger partial charge < -0.3 is 20.3 Å². The lowest BCUT2D eigenvalue weighted by Crippen LogP contribution is -2.18. The molecule has 1 aromatic rings. The molecule has 0 heterocycles. The molecule has 3 N–H and O–H groups in total. The summed E-state index contributed by atoms with van der Waals surface area (Å²) in [5, 5.41) is 9.94. The van der Waals surface area contributed by atoms with Crippen molar-refractivity contribution in [3.05, 3.63) is 16.1 Å². The highest BCUT2D eigenvalue weighted by atomic mass is 79.9. The molecule has 4 nitrogen and oxygen atoms in total. The van der Waals surface area contributed by atoms with E-state index >= 15 is 0 Å². The zero-order valence-electron chi connectivity index (χ0n) is 9.58. The van der Waals surface area contributed by atoms with E-state index in [-0.39, 0.29) is 11.8 Å². The average molecular weight is 290 g/mol. The number of methoxy groups -OCH3 is 2. The number of halogens is 1. The van der Waals surface area contributed by atoms with Crippen LogP contribution in [0.15, 0.2) is 10.5 Å². The minimum Gasteiger partial charge on any atom is -0.506 e. The Kier molecular flexibility index (Phi) is 4.44. The summed E-state index contributed by atoms with van der Waals surface area (Å²) in [7, 11) is 3.07. The molecule has 0 radical (unpaired) electrons. The number of rotatable bonds is 4. The molecule has 0 fully saturated rings. The van der Waals surface area contributed by atoms with Crippen LogP contribution in [-0.2, 0) is 6.42 Å². The van der Waals surface area contributed by atoms with Crippen molar-refractivity contribution in [3.8, 4) is 17.2 Å². The average Bonchev–Trinajstić information content (AvgIpc) is 2.24. The molecule has 0 aromatic heterocycles. The summed E-state index contributed by atoms with van der Waals surface area (Å²) < 4.78 is 10.8. The highest BCUT2D eigenvalue weighted by molar-refractivity contribution is 9.10.